The molecule has 3 nitrogen and oxygen atoms in total. The van der Waals surface area contributed by atoms with Crippen LogP contribution in [0.3, 0.4) is 0 Å². The Morgan fingerprint density at radius 1 is 1.29 bits per heavy atom. The Balaban J connectivity index is 2.01. The van der Waals surface area contributed by atoms with Crippen molar-refractivity contribution < 1.29 is 14.3 Å². The molecule has 0 aromatic carbocycles. The lowest BCUT2D eigenvalue weighted by atomic mass is 9.69. The van der Waals surface area contributed by atoms with Gasteiger partial charge in [0.05, 0.1) is 11.8 Å². The van der Waals surface area contributed by atoms with Gasteiger partial charge in [0.25, 0.3) is 0 Å². The molecule has 1 heterocycles. The van der Waals surface area contributed by atoms with Crippen LogP contribution >= 0.6 is 0 Å². The van der Waals surface area contributed by atoms with Crippen LogP contribution in [0.2, 0.25) is 0 Å². The number of rotatable bonds is 7. The van der Waals surface area contributed by atoms with Crippen LogP contribution in [0.25, 0.3) is 0 Å². The molecule has 0 radical (unpaired) electrons. The van der Waals surface area contributed by atoms with Crippen LogP contribution in [-0.4, -0.2) is 17.4 Å². The van der Waals surface area contributed by atoms with Crippen molar-refractivity contribution >= 4 is 11.8 Å². The molecule has 3 heteroatoms. The highest BCUT2D eigenvalue weighted by atomic mass is 16.6. The van der Waals surface area contributed by atoms with Crippen LogP contribution in [0.4, 0.5) is 0 Å². The number of hydrogen-bond acceptors (Lipinski definition) is 3. The molecular formula is C18H30O3. The number of unbranched alkanes of at least 4 members (excludes halogenated alkanes) is 1. The minimum absolute atomic E-state index is 0.184. The van der Waals surface area contributed by atoms with E-state index in [-0.39, 0.29) is 17.2 Å². The average Bonchev–Trinajstić information content (AvgIpc) is 2.83. The van der Waals surface area contributed by atoms with E-state index in [0.29, 0.717) is 12.8 Å². The number of carbonyl (C=O) groups excluding carboxylic acids is 2. The fourth-order valence-electron chi connectivity index (χ4n) is 4.19. The van der Waals surface area contributed by atoms with Crippen molar-refractivity contribution in [3.05, 3.63) is 0 Å². The van der Waals surface area contributed by atoms with E-state index in [9.17, 15) is 9.59 Å². The van der Waals surface area contributed by atoms with Crippen LogP contribution in [0, 0.1) is 10.8 Å². The third kappa shape index (κ3) is 3.02. The summed E-state index contributed by atoms with van der Waals surface area (Å²) >= 11 is 0. The molecule has 2 fully saturated rings. The molecule has 0 spiro atoms. The topological polar surface area (TPSA) is 43.4 Å². The van der Waals surface area contributed by atoms with Gasteiger partial charge in [-0.1, -0.05) is 33.6 Å². The maximum absolute atomic E-state index is 12.9. The first-order valence-electron chi connectivity index (χ1n) is 8.50. The predicted molar refractivity (Wildman–Crippen MR) is 82.9 cm³/mol. The molecule has 1 aliphatic carbocycles. The summed E-state index contributed by atoms with van der Waals surface area (Å²) in [6, 6.07) is 0. The molecule has 0 amide bonds. The summed E-state index contributed by atoms with van der Waals surface area (Å²) in [6.45, 7) is 8.66. The van der Waals surface area contributed by atoms with Gasteiger partial charge in [0, 0.05) is 6.42 Å². The minimum Gasteiger partial charge on any atom is -0.458 e. The zero-order chi connectivity index (χ0) is 15.7. The van der Waals surface area contributed by atoms with Gasteiger partial charge in [-0.15, -0.1) is 0 Å². The van der Waals surface area contributed by atoms with E-state index in [1.54, 1.807) is 0 Å². The van der Waals surface area contributed by atoms with Gasteiger partial charge in [0.2, 0.25) is 0 Å². The van der Waals surface area contributed by atoms with E-state index in [0.717, 1.165) is 32.1 Å². The van der Waals surface area contributed by atoms with Crippen molar-refractivity contribution in [2.24, 2.45) is 10.8 Å². The average molecular weight is 294 g/mol. The summed E-state index contributed by atoms with van der Waals surface area (Å²) in [5, 5.41) is 0. The summed E-state index contributed by atoms with van der Waals surface area (Å²) < 4.78 is 5.53. The van der Waals surface area contributed by atoms with Crippen LogP contribution < -0.4 is 0 Å². The van der Waals surface area contributed by atoms with Crippen LogP contribution in [0.5, 0.6) is 0 Å². The molecule has 21 heavy (non-hydrogen) atoms. The lowest BCUT2D eigenvalue weighted by Crippen LogP contribution is -2.44. The van der Waals surface area contributed by atoms with E-state index in [1.807, 2.05) is 6.92 Å². The van der Waals surface area contributed by atoms with Gasteiger partial charge in [-0.05, 0) is 44.4 Å². The molecule has 0 N–H and O–H groups in total. The summed E-state index contributed by atoms with van der Waals surface area (Å²) in [7, 11) is 0. The summed E-state index contributed by atoms with van der Waals surface area (Å²) in [4.78, 5) is 24.6. The fourth-order valence-corrected chi connectivity index (χ4v) is 4.19. The zero-order valence-corrected chi connectivity index (χ0v) is 14.1. The number of fused-ring (bicyclic) bond motifs is 1. The number of ketones is 1. The Morgan fingerprint density at radius 3 is 2.67 bits per heavy atom. The largest absolute Gasteiger partial charge is 0.458 e. The highest BCUT2D eigenvalue weighted by molar-refractivity contribution is 5.93. The molecule has 0 aromatic heterocycles. The van der Waals surface area contributed by atoms with Crippen LogP contribution in [-0.2, 0) is 14.3 Å². The van der Waals surface area contributed by atoms with Crippen LogP contribution in [0.15, 0.2) is 0 Å². The second-order valence-electron chi connectivity index (χ2n) is 8.01. The predicted octanol–water partition coefficient (Wildman–Crippen LogP) is 4.43. The van der Waals surface area contributed by atoms with E-state index < -0.39 is 11.0 Å². The Morgan fingerprint density at radius 2 is 2.00 bits per heavy atom. The Hall–Kier alpha value is -0.860. The van der Waals surface area contributed by atoms with Crippen molar-refractivity contribution in [1.29, 1.82) is 0 Å². The maximum Gasteiger partial charge on any atom is 0.307 e. The SMILES string of the molecule is CCCCC(C)(C)CCC(=O)C12CCCC1(C)OC(=O)C2. The van der Waals surface area contributed by atoms with Gasteiger partial charge in [-0.25, -0.2) is 0 Å². The Kier molecular flexibility index (Phi) is 4.51. The molecule has 2 unspecified atom stereocenters. The van der Waals surface area contributed by atoms with Gasteiger partial charge in [-0.2, -0.15) is 0 Å². The Labute approximate surface area is 128 Å². The first-order chi connectivity index (χ1) is 9.75. The van der Waals surface area contributed by atoms with E-state index in [4.69, 9.17) is 4.74 Å². The highest BCUT2D eigenvalue weighted by Crippen LogP contribution is 2.56. The first-order valence-corrected chi connectivity index (χ1v) is 8.50. The number of ether oxygens (including phenoxy) is 1. The van der Waals surface area contributed by atoms with Gasteiger partial charge in [-0.3, -0.25) is 9.59 Å². The normalized spacial score (nSPS) is 32.1. The molecule has 2 aliphatic rings. The molecule has 0 aromatic rings. The van der Waals surface area contributed by atoms with Crippen molar-refractivity contribution in [3.63, 3.8) is 0 Å². The maximum atomic E-state index is 12.9. The highest BCUT2D eigenvalue weighted by Gasteiger charge is 2.63. The summed E-state index contributed by atoms with van der Waals surface area (Å²) in [5.41, 5.74) is -0.847. The van der Waals surface area contributed by atoms with Crippen molar-refractivity contribution in [1.82, 2.24) is 0 Å². The van der Waals surface area contributed by atoms with Gasteiger partial charge < -0.3 is 4.74 Å². The number of hydrogen-bond donors (Lipinski definition) is 0. The van der Waals surface area contributed by atoms with Crippen molar-refractivity contribution in [2.45, 2.75) is 91.1 Å². The third-order valence-electron chi connectivity index (χ3n) is 5.82. The lowest BCUT2D eigenvalue weighted by Gasteiger charge is -2.34. The van der Waals surface area contributed by atoms with E-state index in [2.05, 4.69) is 20.8 Å². The minimum atomic E-state index is -0.533. The summed E-state index contributed by atoms with van der Waals surface area (Å²) in [5.74, 6) is 0.0775. The molecular weight excluding hydrogens is 264 g/mol. The standard InChI is InChI=1S/C18H30O3/c1-5-6-9-16(2,3)12-8-14(19)18-11-7-10-17(18,4)21-15(20)13-18/h5-13H2,1-4H3. The molecule has 1 saturated heterocycles. The second-order valence-corrected chi connectivity index (χ2v) is 8.01. The summed E-state index contributed by atoms with van der Waals surface area (Å²) in [6.07, 6.45) is 8.03. The molecule has 1 saturated carbocycles. The smallest absolute Gasteiger partial charge is 0.307 e. The molecule has 2 rings (SSSR count). The number of esters is 1. The van der Waals surface area contributed by atoms with Gasteiger partial charge in [0.1, 0.15) is 11.4 Å². The van der Waals surface area contributed by atoms with Crippen LogP contribution in [0.1, 0.15) is 85.5 Å². The quantitative estimate of drug-likeness (QED) is 0.652. The third-order valence-corrected chi connectivity index (χ3v) is 5.82. The monoisotopic (exact) mass is 294 g/mol. The molecule has 1 aliphatic heterocycles. The first kappa shape index (κ1) is 16.5. The van der Waals surface area contributed by atoms with E-state index in [1.165, 1.54) is 12.8 Å². The second kappa shape index (κ2) is 5.73. The molecule has 120 valence electrons. The number of Topliss-reactive ketones (excluding diaryl/α,β-unsaturated/α-hetero) is 1. The molecule has 0 bridgehead atoms. The molecule has 2 atom stereocenters. The Bertz CT molecular complexity index is 426. The zero-order valence-electron chi connectivity index (χ0n) is 14.1. The van der Waals surface area contributed by atoms with Crippen molar-refractivity contribution in [2.75, 3.05) is 0 Å². The van der Waals surface area contributed by atoms with E-state index >= 15 is 0 Å². The van der Waals surface area contributed by atoms with Gasteiger partial charge in [0.15, 0.2) is 0 Å². The number of carbonyl (C=O) groups is 2. The fraction of sp³-hybridized carbons (Fsp3) is 0.889. The van der Waals surface area contributed by atoms with Crippen molar-refractivity contribution in [3.8, 4) is 0 Å². The lowest BCUT2D eigenvalue weighted by molar-refractivity contribution is -0.150. The van der Waals surface area contributed by atoms with Gasteiger partial charge >= 0.3 is 5.97 Å².